The number of halogens is 1. The van der Waals surface area contributed by atoms with E-state index in [1.807, 2.05) is 29.3 Å². The molecule has 3 nitrogen and oxygen atoms in total. The standard InChI is InChI=1S/C19H16FNO2S/c1-11-2-4-16-12(6-11)7-17(19(22)23)21(16)9-13-10-24-18-5-3-14(20)8-15(13)18/h2-6,8,10,17H,7,9H2,1H3,(H,22,23). The molecule has 0 spiro atoms. The zero-order valence-electron chi connectivity index (χ0n) is 13.1. The summed E-state index contributed by atoms with van der Waals surface area (Å²) >= 11 is 1.56. The Kier molecular flexibility index (Phi) is 3.53. The lowest BCUT2D eigenvalue weighted by Crippen LogP contribution is -2.38. The van der Waals surface area contributed by atoms with Crippen molar-refractivity contribution in [2.24, 2.45) is 0 Å². The topological polar surface area (TPSA) is 40.5 Å². The first-order valence-electron chi connectivity index (χ1n) is 7.77. The lowest BCUT2D eigenvalue weighted by molar-refractivity contribution is -0.138. The minimum Gasteiger partial charge on any atom is -0.480 e. The lowest BCUT2D eigenvalue weighted by atomic mass is 10.1. The molecule has 5 heteroatoms. The molecule has 4 rings (SSSR count). The molecule has 1 unspecified atom stereocenters. The second-order valence-electron chi connectivity index (χ2n) is 6.22. The fraction of sp³-hybridized carbons (Fsp3) is 0.211. The number of benzene rings is 2. The van der Waals surface area contributed by atoms with Crippen LogP contribution in [0.1, 0.15) is 16.7 Å². The fourth-order valence-electron chi connectivity index (χ4n) is 3.42. The number of thiophene rings is 1. The maximum absolute atomic E-state index is 13.6. The van der Waals surface area contributed by atoms with Crippen LogP contribution in [0.5, 0.6) is 0 Å². The summed E-state index contributed by atoms with van der Waals surface area (Å²) in [4.78, 5) is 13.6. The van der Waals surface area contributed by atoms with Crippen molar-refractivity contribution in [3.05, 3.63) is 64.3 Å². The van der Waals surface area contributed by atoms with Crippen LogP contribution in [0.15, 0.2) is 41.8 Å². The van der Waals surface area contributed by atoms with Crippen LogP contribution in [0.2, 0.25) is 0 Å². The molecule has 1 atom stereocenters. The average Bonchev–Trinajstić information content (AvgIpc) is 3.09. The number of carboxylic acids is 1. The van der Waals surface area contributed by atoms with Gasteiger partial charge in [-0.3, -0.25) is 0 Å². The molecule has 1 aromatic heterocycles. The van der Waals surface area contributed by atoms with Gasteiger partial charge in [-0.1, -0.05) is 17.7 Å². The highest BCUT2D eigenvalue weighted by Crippen LogP contribution is 2.36. The monoisotopic (exact) mass is 341 g/mol. The summed E-state index contributed by atoms with van der Waals surface area (Å²) in [5, 5.41) is 12.5. The van der Waals surface area contributed by atoms with Crippen molar-refractivity contribution in [1.29, 1.82) is 0 Å². The van der Waals surface area contributed by atoms with E-state index >= 15 is 0 Å². The number of hydrogen-bond acceptors (Lipinski definition) is 3. The first-order valence-corrected chi connectivity index (χ1v) is 8.65. The van der Waals surface area contributed by atoms with E-state index < -0.39 is 12.0 Å². The van der Waals surface area contributed by atoms with Crippen molar-refractivity contribution in [2.75, 3.05) is 4.90 Å². The molecule has 122 valence electrons. The number of hydrogen-bond donors (Lipinski definition) is 1. The maximum Gasteiger partial charge on any atom is 0.326 e. The number of carbonyl (C=O) groups is 1. The van der Waals surface area contributed by atoms with Crippen molar-refractivity contribution in [2.45, 2.75) is 25.9 Å². The van der Waals surface area contributed by atoms with E-state index in [2.05, 4.69) is 6.07 Å². The molecular weight excluding hydrogens is 325 g/mol. The zero-order valence-corrected chi connectivity index (χ0v) is 13.9. The minimum absolute atomic E-state index is 0.269. The largest absolute Gasteiger partial charge is 0.480 e. The molecule has 0 saturated heterocycles. The van der Waals surface area contributed by atoms with Crippen LogP contribution in [0, 0.1) is 12.7 Å². The van der Waals surface area contributed by atoms with Gasteiger partial charge in [0.1, 0.15) is 11.9 Å². The van der Waals surface area contributed by atoms with Gasteiger partial charge >= 0.3 is 5.97 Å². The molecule has 2 aromatic carbocycles. The van der Waals surface area contributed by atoms with Gasteiger partial charge in [-0.15, -0.1) is 11.3 Å². The lowest BCUT2D eigenvalue weighted by Gasteiger charge is -2.24. The summed E-state index contributed by atoms with van der Waals surface area (Å²) in [6, 6.07) is 10.2. The smallest absolute Gasteiger partial charge is 0.326 e. The SMILES string of the molecule is Cc1ccc2c(c1)CC(C(=O)O)N2Cc1csc2ccc(F)cc12. The molecule has 24 heavy (non-hydrogen) atoms. The van der Waals surface area contributed by atoms with Gasteiger partial charge in [-0.25, -0.2) is 9.18 Å². The predicted molar refractivity (Wildman–Crippen MR) is 94.3 cm³/mol. The molecule has 0 bridgehead atoms. The number of anilines is 1. The van der Waals surface area contributed by atoms with Crippen LogP contribution in [-0.2, 0) is 17.8 Å². The predicted octanol–water partition coefficient (Wildman–Crippen LogP) is 4.36. The average molecular weight is 341 g/mol. The first kappa shape index (κ1) is 15.1. The Bertz CT molecular complexity index is 950. The number of nitrogens with zero attached hydrogens (tertiary/aromatic N) is 1. The van der Waals surface area contributed by atoms with Crippen LogP contribution in [0.3, 0.4) is 0 Å². The maximum atomic E-state index is 13.6. The van der Waals surface area contributed by atoms with Crippen molar-refractivity contribution in [1.82, 2.24) is 0 Å². The Morgan fingerprint density at radius 2 is 2.17 bits per heavy atom. The summed E-state index contributed by atoms with van der Waals surface area (Å²) in [6.45, 7) is 2.48. The van der Waals surface area contributed by atoms with Crippen LogP contribution in [0.25, 0.3) is 10.1 Å². The van der Waals surface area contributed by atoms with Gasteiger partial charge in [0, 0.05) is 28.7 Å². The van der Waals surface area contributed by atoms with Crippen LogP contribution < -0.4 is 4.90 Å². The Morgan fingerprint density at radius 1 is 1.33 bits per heavy atom. The molecule has 0 aliphatic carbocycles. The quantitative estimate of drug-likeness (QED) is 0.769. The molecule has 1 aliphatic heterocycles. The molecule has 0 fully saturated rings. The number of carboxylic acid groups (broad SMARTS) is 1. The van der Waals surface area contributed by atoms with E-state index in [0.717, 1.165) is 32.5 Å². The Hall–Kier alpha value is -2.40. The summed E-state index contributed by atoms with van der Waals surface area (Å²) < 4.78 is 14.6. The van der Waals surface area contributed by atoms with Crippen LogP contribution in [0.4, 0.5) is 10.1 Å². The van der Waals surface area contributed by atoms with E-state index in [0.29, 0.717) is 13.0 Å². The summed E-state index contributed by atoms with van der Waals surface area (Å²) in [6.07, 6.45) is 0.503. The molecule has 1 N–H and O–H groups in total. The van der Waals surface area contributed by atoms with Gasteiger partial charge in [-0.05, 0) is 47.7 Å². The molecule has 0 radical (unpaired) electrons. The van der Waals surface area contributed by atoms with E-state index in [-0.39, 0.29) is 5.82 Å². The third-order valence-corrected chi connectivity index (χ3v) is 5.59. The van der Waals surface area contributed by atoms with E-state index in [1.165, 1.54) is 12.1 Å². The van der Waals surface area contributed by atoms with Gasteiger partial charge in [0.15, 0.2) is 0 Å². The summed E-state index contributed by atoms with van der Waals surface area (Å²) in [7, 11) is 0. The molecule has 3 aromatic rings. The Balaban J connectivity index is 1.76. The second-order valence-corrected chi connectivity index (χ2v) is 7.13. The van der Waals surface area contributed by atoms with Crippen LogP contribution >= 0.6 is 11.3 Å². The second kappa shape index (κ2) is 5.60. The van der Waals surface area contributed by atoms with E-state index in [9.17, 15) is 14.3 Å². The highest BCUT2D eigenvalue weighted by atomic mass is 32.1. The minimum atomic E-state index is -0.824. The number of rotatable bonds is 3. The van der Waals surface area contributed by atoms with Gasteiger partial charge in [-0.2, -0.15) is 0 Å². The molecular formula is C19H16FNO2S. The fourth-order valence-corrected chi connectivity index (χ4v) is 4.35. The van der Waals surface area contributed by atoms with Crippen LogP contribution in [-0.4, -0.2) is 17.1 Å². The summed E-state index contributed by atoms with van der Waals surface area (Å²) in [5.41, 5.74) is 4.12. The van der Waals surface area contributed by atoms with Gasteiger partial charge in [0.25, 0.3) is 0 Å². The number of aliphatic carboxylic acids is 1. The third kappa shape index (κ3) is 2.45. The number of aryl methyl sites for hydroxylation is 1. The highest BCUT2D eigenvalue weighted by molar-refractivity contribution is 7.17. The van der Waals surface area contributed by atoms with E-state index in [4.69, 9.17) is 0 Å². The first-order chi connectivity index (χ1) is 11.5. The normalized spacial score (nSPS) is 16.6. The van der Waals surface area contributed by atoms with Crippen molar-refractivity contribution < 1.29 is 14.3 Å². The van der Waals surface area contributed by atoms with Crippen molar-refractivity contribution in [3.8, 4) is 0 Å². The molecule has 0 saturated carbocycles. The van der Waals surface area contributed by atoms with E-state index in [1.54, 1.807) is 17.4 Å². The third-order valence-electron chi connectivity index (χ3n) is 4.58. The highest BCUT2D eigenvalue weighted by Gasteiger charge is 2.34. The Morgan fingerprint density at radius 3 is 2.96 bits per heavy atom. The molecule has 1 aliphatic rings. The summed E-state index contributed by atoms with van der Waals surface area (Å²) in [5.74, 6) is -1.09. The Labute approximate surface area is 143 Å². The van der Waals surface area contributed by atoms with Crippen molar-refractivity contribution >= 4 is 33.1 Å². The molecule has 0 amide bonds. The zero-order chi connectivity index (χ0) is 16.8. The van der Waals surface area contributed by atoms with Gasteiger partial charge in [0.2, 0.25) is 0 Å². The van der Waals surface area contributed by atoms with Gasteiger partial charge < -0.3 is 10.0 Å². The van der Waals surface area contributed by atoms with Crippen molar-refractivity contribution in [3.63, 3.8) is 0 Å². The number of fused-ring (bicyclic) bond motifs is 2. The van der Waals surface area contributed by atoms with Gasteiger partial charge in [0.05, 0.1) is 0 Å². The molecule has 2 heterocycles.